The first-order valence-corrected chi connectivity index (χ1v) is 7.81. The summed E-state index contributed by atoms with van der Waals surface area (Å²) >= 11 is 0. The van der Waals surface area contributed by atoms with Crippen LogP contribution in [0.15, 0.2) is 6.33 Å². The van der Waals surface area contributed by atoms with E-state index in [4.69, 9.17) is 0 Å². The van der Waals surface area contributed by atoms with Gasteiger partial charge < -0.3 is 5.32 Å². The van der Waals surface area contributed by atoms with E-state index >= 15 is 0 Å². The van der Waals surface area contributed by atoms with E-state index in [1.165, 1.54) is 6.33 Å². The van der Waals surface area contributed by atoms with Gasteiger partial charge in [-0.25, -0.2) is 18.1 Å². The standard InChI is InChI=1S/C10H21N5O2S/c1-2-5-11-6-3-4-7-18(16,17)14-8-10-12-9-13-15-10/h9,11,14H,2-8H2,1H3,(H,12,13,15). The van der Waals surface area contributed by atoms with Crippen LogP contribution in [0.25, 0.3) is 0 Å². The van der Waals surface area contributed by atoms with Gasteiger partial charge in [-0.2, -0.15) is 5.10 Å². The predicted molar refractivity (Wildman–Crippen MR) is 69.4 cm³/mol. The minimum atomic E-state index is -3.22. The van der Waals surface area contributed by atoms with Crippen molar-refractivity contribution in [3.05, 3.63) is 12.2 Å². The molecule has 3 N–H and O–H groups in total. The SMILES string of the molecule is CCCNCCCCS(=O)(=O)NCc1ncn[nH]1. The van der Waals surface area contributed by atoms with Crippen LogP contribution in [0.3, 0.4) is 0 Å². The first-order valence-electron chi connectivity index (χ1n) is 6.16. The molecule has 0 spiro atoms. The maximum Gasteiger partial charge on any atom is 0.212 e. The van der Waals surface area contributed by atoms with Crippen LogP contribution in [0, 0.1) is 0 Å². The lowest BCUT2D eigenvalue weighted by Crippen LogP contribution is -2.27. The summed E-state index contributed by atoms with van der Waals surface area (Å²) in [5.74, 6) is 0.665. The van der Waals surface area contributed by atoms with Crippen molar-refractivity contribution in [2.24, 2.45) is 0 Å². The van der Waals surface area contributed by atoms with E-state index in [2.05, 4.69) is 32.1 Å². The van der Waals surface area contributed by atoms with E-state index in [9.17, 15) is 8.42 Å². The van der Waals surface area contributed by atoms with Crippen LogP contribution >= 0.6 is 0 Å². The molecule has 18 heavy (non-hydrogen) atoms. The molecule has 0 saturated heterocycles. The van der Waals surface area contributed by atoms with Gasteiger partial charge >= 0.3 is 0 Å². The van der Waals surface area contributed by atoms with Gasteiger partial charge in [-0.15, -0.1) is 0 Å². The summed E-state index contributed by atoms with van der Waals surface area (Å²) < 4.78 is 25.7. The Hall–Kier alpha value is -0.990. The third kappa shape index (κ3) is 6.67. The van der Waals surface area contributed by atoms with E-state index < -0.39 is 10.0 Å². The fourth-order valence-corrected chi connectivity index (χ4v) is 2.50. The second kappa shape index (κ2) is 8.17. The summed E-state index contributed by atoms with van der Waals surface area (Å²) in [6.07, 6.45) is 3.96. The van der Waals surface area contributed by atoms with E-state index in [0.29, 0.717) is 12.2 Å². The molecule has 1 aromatic rings. The van der Waals surface area contributed by atoms with E-state index in [0.717, 1.165) is 25.9 Å². The van der Waals surface area contributed by atoms with Gasteiger partial charge in [-0.1, -0.05) is 6.92 Å². The molecule has 0 aliphatic heterocycles. The average molecular weight is 275 g/mol. The Balaban J connectivity index is 2.12. The van der Waals surface area contributed by atoms with Crippen molar-refractivity contribution in [2.45, 2.75) is 32.7 Å². The van der Waals surface area contributed by atoms with Gasteiger partial charge in [0, 0.05) is 0 Å². The highest BCUT2D eigenvalue weighted by Gasteiger charge is 2.10. The van der Waals surface area contributed by atoms with Crippen LogP contribution in [-0.2, 0) is 16.6 Å². The quantitative estimate of drug-likeness (QED) is 0.522. The first kappa shape index (κ1) is 15.1. The second-order valence-corrected chi connectivity index (χ2v) is 5.96. The molecule has 0 radical (unpaired) electrons. The van der Waals surface area contributed by atoms with Crippen molar-refractivity contribution < 1.29 is 8.42 Å². The Kier molecular flexibility index (Phi) is 6.84. The number of aromatic nitrogens is 3. The zero-order valence-electron chi connectivity index (χ0n) is 10.6. The van der Waals surface area contributed by atoms with Crippen LogP contribution < -0.4 is 10.0 Å². The van der Waals surface area contributed by atoms with Gasteiger partial charge in [0.05, 0.1) is 12.3 Å². The molecule has 0 amide bonds. The number of H-pyrrole nitrogens is 1. The van der Waals surface area contributed by atoms with Gasteiger partial charge in [0.2, 0.25) is 10.0 Å². The average Bonchev–Trinajstić information content (AvgIpc) is 2.84. The Labute approximate surface area is 108 Å². The number of aromatic amines is 1. The van der Waals surface area contributed by atoms with Crippen molar-refractivity contribution >= 4 is 10.0 Å². The van der Waals surface area contributed by atoms with Crippen LogP contribution in [0.2, 0.25) is 0 Å². The molecule has 8 heteroatoms. The fraction of sp³-hybridized carbons (Fsp3) is 0.800. The molecule has 0 atom stereocenters. The molecule has 0 aliphatic carbocycles. The number of sulfonamides is 1. The number of unbranched alkanes of at least 4 members (excludes halogenated alkanes) is 1. The highest BCUT2D eigenvalue weighted by atomic mass is 32.2. The fourth-order valence-electron chi connectivity index (χ4n) is 1.41. The lowest BCUT2D eigenvalue weighted by Gasteiger charge is -2.05. The molecule has 1 aromatic heterocycles. The molecule has 0 fully saturated rings. The van der Waals surface area contributed by atoms with E-state index in [1.54, 1.807) is 0 Å². The predicted octanol–water partition coefficient (Wildman–Crippen LogP) is 0.00390. The second-order valence-electron chi connectivity index (χ2n) is 4.03. The maximum atomic E-state index is 11.6. The van der Waals surface area contributed by atoms with Crippen molar-refractivity contribution in [1.29, 1.82) is 0 Å². The van der Waals surface area contributed by atoms with Crippen LogP contribution in [0.5, 0.6) is 0 Å². The van der Waals surface area contributed by atoms with Crippen LogP contribution in [0.4, 0.5) is 0 Å². The van der Waals surface area contributed by atoms with E-state index in [1.807, 2.05) is 0 Å². The number of hydrogen-bond acceptors (Lipinski definition) is 5. The number of rotatable bonds is 10. The molecule has 7 nitrogen and oxygen atoms in total. The normalized spacial score (nSPS) is 11.8. The smallest absolute Gasteiger partial charge is 0.212 e. The van der Waals surface area contributed by atoms with Crippen molar-refractivity contribution in [3.8, 4) is 0 Å². The zero-order valence-corrected chi connectivity index (χ0v) is 11.5. The summed E-state index contributed by atoms with van der Waals surface area (Å²) in [6.45, 7) is 4.11. The third-order valence-corrected chi connectivity index (χ3v) is 3.78. The molecule has 1 heterocycles. The summed E-state index contributed by atoms with van der Waals surface area (Å²) in [4.78, 5) is 3.85. The van der Waals surface area contributed by atoms with Gasteiger partial charge in [0.15, 0.2) is 0 Å². The van der Waals surface area contributed by atoms with Crippen molar-refractivity contribution in [3.63, 3.8) is 0 Å². The molecule has 0 bridgehead atoms. The summed E-state index contributed by atoms with van der Waals surface area (Å²) in [7, 11) is -3.22. The summed E-state index contributed by atoms with van der Waals surface area (Å²) in [5, 5.41) is 9.49. The molecule has 0 saturated carbocycles. The van der Waals surface area contributed by atoms with Gasteiger partial charge in [0.25, 0.3) is 0 Å². The Bertz CT molecular complexity index is 404. The summed E-state index contributed by atoms with van der Waals surface area (Å²) in [5.41, 5.74) is 0. The lowest BCUT2D eigenvalue weighted by atomic mass is 10.3. The number of hydrogen-bond donors (Lipinski definition) is 3. The monoisotopic (exact) mass is 275 g/mol. The Morgan fingerprint density at radius 1 is 1.33 bits per heavy atom. The van der Waals surface area contributed by atoms with E-state index in [-0.39, 0.29) is 12.3 Å². The first-order chi connectivity index (χ1) is 8.64. The minimum absolute atomic E-state index is 0.148. The van der Waals surface area contributed by atoms with Gasteiger partial charge in [0.1, 0.15) is 12.2 Å². The topological polar surface area (TPSA) is 99.8 Å². The van der Waals surface area contributed by atoms with Crippen LogP contribution in [0.1, 0.15) is 32.0 Å². The van der Waals surface area contributed by atoms with Crippen molar-refractivity contribution in [1.82, 2.24) is 25.2 Å². The molecule has 1 rings (SSSR count). The molecule has 0 aromatic carbocycles. The largest absolute Gasteiger partial charge is 0.317 e. The number of nitrogens with zero attached hydrogens (tertiary/aromatic N) is 2. The zero-order chi connectivity index (χ0) is 13.3. The molecular formula is C10H21N5O2S. The molecule has 0 unspecified atom stereocenters. The summed E-state index contributed by atoms with van der Waals surface area (Å²) in [6, 6.07) is 0. The third-order valence-electron chi connectivity index (χ3n) is 2.37. The highest BCUT2D eigenvalue weighted by molar-refractivity contribution is 7.89. The maximum absolute atomic E-state index is 11.6. The molecule has 104 valence electrons. The Morgan fingerprint density at radius 2 is 2.17 bits per heavy atom. The van der Waals surface area contributed by atoms with Crippen molar-refractivity contribution in [2.75, 3.05) is 18.8 Å². The lowest BCUT2D eigenvalue weighted by molar-refractivity contribution is 0.571. The van der Waals surface area contributed by atoms with Gasteiger partial charge in [-0.3, -0.25) is 5.10 Å². The highest BCUT2D eigenvalue weighted by Crippen LogP contribution is 1.95. The van der Waals surface area contributed by atoms with Gasteiger partial charge in [-0.05, 0) is 32.4 Å². The van der Waals surface area contributed by atoms with Crippen LogP contribution in [-0.4, -0.2) is 42.4 Å². The Morgan fingerprint density at radius 3 is 2.83 bits per heavy atom. The molecular weight excluding hydrogens is 254 g/mol. The minimum Gasteiger partial charge on any atom is -0.317 e. The number of nitrogens with one attached hydrogen (secondary N) is 3. The molecule has 0 aliphatic rings.